The number of amides is 2. The zero-order valence-electron chi connectivity index (χ0n) is 18.6. The molecule has 2 amide bonds. The molecule has 10 heteroatoms. The van der Waals surface area contributed by atoms with Crippen LogP contribution in [0.4, 0.5) is 0 Å². The molecule has 9 nitrogen and oxygen atoms in total. The van der Waals surface area contributed by atoms with Gasteiger partial charge >= 0.3 is 5.97 Å². The van der Waals surface area contributed by atoms with Crippen LogP contribution in [0.3, 0.4) is 0 Å². The zero-order valence-corrected chi connectivity index (χ0v) is 19.4. The highest BCUT2D eigenvalue weighted by Gasteiger charge is 2.74. The first-order valence-corrected chi connectivity index (χ1v) is 11.1. The van der Waals surface area contributed by atoms with Crippen molar-refractivity contribution >= 4 is 35.3 Å². The molecule has 2 aliphatic rings. The van der Waals surface area contributed by atoms with E-state index < -0.39 is 45.3 Å². The SMILES string of the molecule is C=CCOc1cccc(OCC=C)c1C(=O)NC1(C(C)=O)C(=O)N2[C@@H](C(=O)O)C(C)(C)S[C@@H]21. The van der Waals surface area contributed by atoms with Gasteiger partial charge in [0.25, 0.3) is 11.8 Å². The summed E-state index contributed by atoms with van der Waals surface area (Å²) in [4.78, 5) is 52.4. The summed E-state index contributed by atoms with van der Waals surface area (Å²) in [6.07, 6.45) is 3.01. The van der Waals surface area contributed by atoms with Crippen LogP contribution in [-0.2, 0) is 14.4 Å². The summed E-state index contributed by atoms with van der Waals surface area (Å²) in [5.41, 5.74) is -1.89. The number of benzene rings is 1. The Hall–Kier alpha value is -3.27. The van der Waals surface area contributed by atoms with Crippen molar-refractivity contribution in [2.75, 3.05) is 13.2 Å². The van der Waals surface area contributed by atoms with Crippen molar-refractivity contribution in [2.45, 2.75) is 42.5 Å². The molecule has 3 atom stereocenters. The third kappa shape index (κ3) is 3.88. The van der Waals surface area contributed by atoms with Crippen molar-refractivity contribution in [1.29, 1.82) is 0 Å². The third-order valence-electron chi connectivity index (χ3n) is 5.58. The number of carbonyl (C=O) groups is 4. The standard InChI is InChI=1S/C23H26N2O7S/c1-6-11-31-14-9-8-10-15(32-12-7-2)16(14)18(27)24-23(13(3)26)20(30)25-17(19(28)29)22(4,5)33-21(23)25/h6-10,17,21H,1-2,11-12H2,3-5H3,(H,24,27)(H,28,29)/t17-,21+,23?/m0/s1. The first kappa shape index (κ1) is 24.4. The number of ketones is 1. The summed E-state index contributed by atoms with van der Waals surface area (Å²) in [6, 6.07) is 3.63. The summed E-state index contributed by atoms with van der Waals surface area (Å²) in [5, 5.41) is 11.4. The fourth-order valence-corrected chi connectivity index (χ4v) is 5.85. The van der Waals surface area contributed by atoms with Gasteiger partial charge < -0.3 is 24.8 Å². The van der Waals surface area contributed by atoms with Crippen LogP contribution in [0.15, 0.2) is 43.5 Å². The van der Waals surface area contributed by atoms with Crippen LogP contribution in [0, 0.1) is 0 Å². The lowest BCUT2D eigenvalue weighted by Gasteiger charge is -2.51. The lowest BCUT2D eigenvalue weighted by atomic mass is 9.81. The maximum absolute atomic E-state index is 13.5. The molecule has 2 saturated heterocycles. The molecule has 2 N–H and O–H groups in total. The van der Waals surface area contributed by atoms with E-state index in [2.05, 4.69) is 18.5 Å². The third-order valence-corrected chi connectivity index (χ3v) is 7.21. The molecule has 0 radical (unpaired) electrons. The van der Waals surface area contributed by atoms with E-state index in [9.17, 15) is 24.3 Å². The van der Waals surface area contributed by atoms with Crippen LogP contribution < -0.4 is 14.8 Å². The van der Waals surface area contributed by atoms with E-state index >= 15 is 0 Å². The predicted octanol–water partition coefficient (Wildman–Crippen LogP) is 2.02. The lowest BCUT2D eigenvalue weighted by molar-refractivity contribution is -0.170. The molecule has 0 saturated carbocycles. The molecular formula is C23H26N2O7S. The Balaban J connectivity index is 2.01. The minimum absolute atomic E-state index is 0.00474. The highest BCUT2D eigenvalue weighted by molar-refractivity contribution is 8.01. The maximum atomic E-state index is 13.5. The lowest BCUT2D eigenvalue weighted by Crippen LogP contribution is -2.82. The second kappa shape index (κ2) is 8.93. The normalized spacial score (nSPS) is 24.8. The Morgan fingerprint density at radius 3 is 2.18 bits per heavy atom. The van der Waals surface area contributed by atoms with Gasteiger partial charge in [0.1, 0.15) is 41.7 Å². The number of hydrogen-bond donors (Lipinski definition) is 2. The Labute approximate surface area is 195 Å². The first-order valence-electron chi connectivity index (χ1n) is 10.2. The van der Waals surface area contributed by atoms with E-state index in [1.807, 2.05) is 0 Å². The van der Waals surface area contributed by atoms with Crippen LogP contribution in [0.2, 0.25) is 0 Å². The van der Waals surface area contributed by atoms with Gasteiger partial charge in [0.2, 0.25) is 5.54 Å². The first-order chi connectivity index (χ1) is 15.5. The van der Waals surface area contributed by atoms with Crippen molar-refractivity contribution < 1.29 is 33.8 Å². The minimum atomic E-state index is -1.90. The number of fused-ring (bicyclic) bond motifs is 1. The number of carboxylic acids is 1. The van der Waals surface area contributed by atoms with Crippen molar-refractivity contribution in [3.63, 3.8) is 0 Å². The molecule has 2 fully saturated rings. The van der Waals surface area contributed by atoms with E-state index in [0.717, 1.165) is 4.90 Å². The number of ether oxygens (including phenoxy) is 2. The molecule has 0 aliphatic carbocycles. The van der Waals surface area contributed by atoms with E-state index in [-0.39, 0.29) is 30.3 Å². The van der Waals surface area contributed by atoms with E-state index in [0.29, 0.717) is 0 Å². The number of rotatable bonds is 10. The predicted molar refractivity (Wildman–Crippen MR) is 122 cm³/mol. The Morgan fingerprint density at radius 2 is 1.73 bits per heavy atom. The number of nitrogens with one attached hydrogen (secondary N) is 1. The molecule has 1 unspecified atom stereocenters. The Bertz CT molecular complexity index is 1010. The maximum Gasteiger partial charge on any atom is 0.327 e. The molecule has 3 rings (SSSR count). The quantitative estimate of drug-likeness (QED) is 0.300. The molecule has 2 aliphatic heterocycles. The number of β-lactam (4-membered cyclic amide) rings is 1. The van der Waals surface area contributed by atoms with Crippen LogP contribution in [0.5, 0.6) is 11.5 Å². The fourth-order valence-electron chi connectivity index (χ4n) is 4.10. The van der Waals surface area contributed by atoms with Crippen LogP contribution >= 0.6 is 11.8 Å². The van der Waals surface area contributed by atoms with Gasteiger partial charge in [-0.05, 0) is 32.9 Å². The molecule has 0 bridgehead atoms. The van der Waals surface area contributed by atoms with Crippen molar-refractivity contribution in [1.82, 2.24) is 10.2 Å². The monoisotopic (exact) mass is 474 g/mol. The number of carbonyl (C=O) groups excluding carboxylic acids is 3. The van der Waals surface area contributed by atoms with Crippen molar-refractivity contribution in [3.8, 4) is 11.5 Å². The average Bonchev–Trinajstić information content (AvgIpc) is 3.02. The number of hydrogen-bond acceptors (Lipinski definition) is 7. The van der Waals surface area contributed by atoms with Gasteiger partial charge in [0.05, 0.1) is 0 Å². The number of aliphatic carboxylic acids is 1. The molecular weight excluding hydrogens is 448 g/mol. The molecule has 1 aromatic rings. The number of Topliss-reactive ketones (excluding diaryl/α,β-unsaturated/α-hetero) is 1. The summed E-state index contributed by atoms with van der Waals surface area (Å²) >= 11 is 1.17. The number of carboxylic acid groups (broad SMARTS) is 1. The molecule has 176 valence electrons. The van der Waals surface area contributed by atoms with Gasteiger partial charge in [-0.3, -0.25) is 14.4 Å². The summed E-state index contributed by atoms with van der Waals surface area (Å²) in [5.74, 6) is -2.91. The van der Waals surface area contributed by atoms with Crippen molar-refractivity contribution in [2.24, 2.45) is 0 Å². The molecule has 1 aromatic carbocycles. The topological polar surface area (TPSA) is 122 Å². The van der Waals surface area contributed by atoms with Crippen LogP contribution in [0.1, 0.15) is 31.1 Å². The van der Waals surface area contributed by atoms with Crippen LogP contribution in [-0.4, -0.2) is 68.5 Å². The number of nitrogens with zero attached hydrogens (tertiary/aromatic N) is 1. The molecule has 0 spiro atoms. The largest absolute Gasteiger partial charge is 0.489 e. The van der Waals surface area contributed by atoms with Gasteiger partial charge in [-0.15, -0.1) is 11.8 Å². The van der Waals surface area contributed by atoms with E-state index in [1.54, 1.807) is 32.0 Å². The van der Waals surface area contributed by atoms with Gasteiger partial charge in [-0.1, -0.05) is 31.4 Å². The fraction of sp³-hybridized carbons (Fsp3) is 0.391. The second-order valence-electron chi connectivity index (χ2n) is 8.17. The van der Waals surface area contributed by atoms with Crippen molar-refractivity contribution in [3.05, 3.63) is 49.1 Å². The van der Waals surface area contributed by atoms with E-state index in [1.165, 1.54) is 30.8 Å². The molecule has 2 heterocycles. The van der Waals surface area contributed by atoms with E-state index in [4.69, 9.17) is 9.47 Å². The summed E-state index contributed by atoms with van der Waals surface area (Å²) in [7, 11) is 0. The highest BCUT2D eigenvalue weighted by Crippen LogP contribution is 2.55. The van der Waals surface area contributed by atoms with Crippen LogP contribution in [0.25, 0.3) is 0 Å². The smallest absolute Gasteiger partial charge is 0.327 e. The second-order valence-corrected chi connectivity index (χ2v) is 9.91. The van der Waals surface area contributed by atoms with Gasteiger partial charge in [0, 0.05) is 4.75 Å². The van der Waals surface area contributed by atoms with Gasteiger partial charge in [0.15, 0.2) is 5.78 Å². The Morgan fingerprint density at radius 1 is 1.18 bits per heavy atom. The minimum Gasteiger partial charge on any atom is -0.489 e. The Kier molecular flexibility index (Phi) is 6.60. The van der Waals surface area contributed by atoms with Gasteiger partial charge in [-0.25, -0.2) is 4.79 Å². The summed E-state index contributed by atoms with van der Waals surface area (Å²) in [6.45, 7) is 12.0. The number of thioether (sulfide) groups is 1. The summed E-state index contributed by atoms with van der Waals surface area (Å²) < 4.78 is 10.3. The molecule has 0 aromatic heterocycles. The van der Waals surface area contributed by atoms with Gasteiger partial charge in [-0.2, -0.15) is 0 Å². The average molecular weight is 475 g/mol. The zero-order chi connectivity index (χ0) is 24.6. The molecule has 33 heavy (non-hydrogen) atoms. The highest BCUT2D eigenvalue weighted by atomic mass is 32.2.